The molecule has 1 aromatic rings. The molecule has 1 atom stereocenters. The summed E-state index contributed by atoms with van der Waals surface area (Å²) in [4.78, 5) is 0. The van der Waals surface area contributed by atoms with Gasteiger partial charge in [-0.25, -0.2) is 0 Å². The van der Waals surface area contributed by atoms with E-state index in [1.165, 1.54) is 16.7 Å². The largest absolute Gasteiger partial charge is 0.329 e. The van der Waals surface area contributed by atoms with E-state index in [1.54, 1.807) is 0 Å². The van der Waals surface area contributed by atoms with E-state index in [1.807, 2.05) is 7.05 Å². The number of rotatable bonds is 3. The molecule has 0 aliphatic heterocycles. The molecule has 1 aromatic carbocycles. The monoisotopic (exact) mass is 178 g/mol. The van der Waals surface area contributed by atoms with Crippen LogP contribution in [0.15, 0.2) is 18.2 Å². The van der Waals surface area contributed by atoms with Gasteiger partial charge in [-0.1, -0.05) is 29.3 Å². The van der Waals surface area contributed by atoms with E-state index in [2.05, 4.69) is 37.4 Å². The summed E-state index contributed by atoms with van der Waals surface area (Å²) in [5, 5.41) is 3.20. The second-order valence-electron chi connectivity index (χ2n) is 3.50. The van der Waals surface area contributed by atoms with Gasteiger partial charge in [0.2, 0.25) is 0 Å². The third kappa shape index (κ3) is 2.54. The Kier molecular flexibility index (Phi) is 3.46. The summed E-state index contributed by atoms with van der Waals surface area (Å²) < 4.78 is 0. The fourth-order valence-electron chi connectivity index (χ4n) is 1.63. The van der Waals surface area contributed by atoms with Crippen LogP contribution in [0, 0.1) is 13.8 Å². The normalized spacial score (nSPS) is 12.9. The average Bonchev–Trinajstić information content (AvgIpc) is 2.04. The summed E-state index contributed by atoms with van der Waals surface area (Å²) in [6, 6.07) is 6.81. The van der Waals surface area contributed by atoms with Gasteiger partial charge in [-0.15, -0.1) is 0 Å². The lowest BCUT2D eigenvalue weighted by Crippen LogP contribution is -2.24. The first-order chi connectivity index (χ1) is 6.17. The van der Waals surface area contributed by atoms with Crippen LogP contribution < -0.4 is 11.1 Å². The lowest BCUT2D eigenvalue weighted by atomic mass is 10.0. The Morgan fingerprint density at radius 3 is 2.15 bits per heavy atom. The zero-order valence-electron chi connectivity index (χ0n) is 8.59. The number of aryl methyl sites for hydroxylation is 2. The van der Waals surface area contributed by atoms with Crippen molar-refractivity contribution in [3.63, 3.8) is 0 Å². The van der Waals surface area contributed by atoms with Crippen LogP contribution in [0.2, 0.25) is 0 Å². The SMILES string of the molecule is CNC(CN)c1cc(C)cc(C)c1. The predicted octanol–water partition coefficient (Wildman–Crippen LogP) is 1.52. The molecule has 0 aliphatic carbocycles. The highest BCUT2D eigenvalue weighted by molar-refractivity contribution is 5.30. The highest BCUT2D eigenvalue weighted by Gasteiger charge is 2.06. The molecule has 0 aliphatic rings. The van der Waals surface area contributed by atoms with Crippen LogP contribution in [-0.4, -0.2) is 13.6 Å². The molecule has 72 valence electrons. The van der Waals surface area contributed by atoms with Crippen LogP contribution in [0.3, 0.4) is 0 Å². The summed E-state index contributed by atoms with van der Waals surface area (Å²) in [5.41, 5.74) is 9.52. The first kappa shape index (κ1) is 10.2. The minimum absolute atomic E-state index is 0.276. The zero-order chi connectivity index (χ0) is 9.84. The molecule has 0 spiro atoms. The van der Waals surface area contributed by atoms with Gasteiger partial charge in [0.05, 0.1) is 0 Å². The fourth-order valence-corrected chi connectivity index (χ4v) is 1.63. The van der Waals surface area contributed by atoms with Gasteiger partial charge in [0, 0.05) is 12.6 Å². The molecule has 2 heteroatoms. The standard InChI is InChI=1S/C11H18N2/c1-8-4-9(2)6-10(5-8)11(7-12)13-3/h4-6,11,13H,7,12H2,1-3H3. The topological polar surface area (TPSA) is 38.0 Å². The Morgan fingerprint density at radius 1 is 1.23 bits per heavy atom. The number of hydrogen-bond donors (Lipinski definition) is 2. The second kappa shape index (κ2) is 4.40. The van der Waals surface area contributed by atoms with Gasteiger partial charge in [0.15, 0.2) is 0 Å². The third-order valence-corrected chi connectivity index (χ3v) is 2.23. The number of nitrogens with one attached hydrogen (secondary N) is 1. The molecule has 1 rings (SSSR count). The molecule has 13 heavy (non-hydrogen) atoms. The summed E-state index contributed by atoms with van der Waals surface area (Å²) >= 11 is 0. The summed E-state index contributed by atoms with van der Waals surface area (Å²) in [7, 11) is 1.94. The van der Waals surface area contributed by atoms with Crippen molar-refractivity contribution in [2.75, 3.05) is 13.6 Å². The number of benzene rings is 1. The minimum Gasteiger partial charge on any atom is -0.329 e. The highest BCUT2D eigenvalue weighted by atomic mass is 14.9. The van der Waals surface area contributed by atoms with Crippen molar-refractivity contribution >= 4 is 0 Å². The van der Waals surface area contributed by atoms with Crippen molar-refractivity contribution < 1.29 is 0 Å². The van der Waals surface area contributed by atoms with Crippen LogP contribution in [0.4, 0.5) is 0 Å². The Bertz CT molecular complexity index is 257. The van der Waals surface area contributed by atoms with Crippen molar-refractivity contribution in [1.29, 1.82) is 0 Å². The Labute approximate surface area is 80.1 Å². The van der Waals surface area contributed by atoms with Crippen LogP contribution >= 0.6 is 0 Å². The Hall–Kier alpha value is -0.860. The van der Waals surface area contributed by atoms with Gasteiger partial charge in [0.1, 0.15) is 0 Å². The molecular weight excluding hydrogens is 160 g/mol. The van der Waals surface area contributed by atoms with Crippen LogP contribution in [0.25, 0.3) is 0 Å². The average molecular weight is 178 g/mol. The Morgan fingerprint density at radius 2 is 1.77 bits per heavy atom. The summed E-state index contributed by atoms with van der Waals surface area (Å²) in [6.45, 7) is 4.86. The van der Waals surface area contributed by atoms with Crippen molar-refractivity contribution in [3.05, 3.63) is 34.9 Å². The molecule has 2 nitrogen and oxygen atoms in total. The lowest BCUT2D eigenvalue weighted by Gasteiger charge is -2.15. The molecule has 0 heterocycles. The van der Waals surface area contributed by atoms with Gasteiger partial charge >= 0.3 is 0 Å². The van der Waals surface area contributed by atoms with Crippen molar-refractivity contribution in [1.82, 2.24) is 5.32 Å². The van der Waals surface area contributed by atoms with Crippen molar-refractivity contribution in [2.24, 2.45) is 5.73 Å². The molecule has 0 fully saturated rings. The van der Waals surface area contributed by atoms with E-state index in [0.717, 1.165) is 0 Å². The van der Waals surface area contributed by atoms with Crippen LogP contribution in [0.1, 0.15) is 22.7 Å². The maximum atomic E-state index is 5.65. The van der Waals surface area contributed by atoms with Crippen LogP contribution in [0.5, 0.6) is 0 Å². The summed E-state index contributed by atoms with van der Waals surface area (Å²) in [6.07, 6.45) is 0. The van der Waals surface area contributed by atoms with E-state index >= 15 is 0 Å². The molecule has 0 aromatic heterocycles. The molecule has 0 saturated carbocycles. The van der Waals surface area contributed by atoms with E-state index in [0.29, 0.717) is 6.54 Å². The van der Waals surface area contributed by atoms with Gasteiger partial charge in [-0.3, -0.25) is 0 Å². The number of hydrogen-bond acceptors (Lipinski definition) is 2. The van der Waals surface area contributed by atoms with Gasteiger partial charge in [0.25, 0.3) is 0 Å². The minimum atomic E-state index is 0.276. The predicted molar refractivity (Wildman–Crippen MR) is 56.8 cm³/mol. The maximum Gasteiger partial charge on any atom is 0.0442 e. The first-order valence-electron chi connectivity index (χ1n) is 4.63. The fraction of sp³-hybridized carbons (Fsp3) is 0.455. The van der Waals surface area contributed by atoms with E-state index < -0.39 is 0 Å². The van der Waals surface area contributed by atoms with Crippen molar-refractivity contribution in [3.8, 4) is 0 Å². The zero-order valence-corrected chi connectivity index (χ0v) is 8.59. The van der Waals surface area contributed by atoms with Gasteiger partial charge in [-0.05, 0) is 26.5 Å². The molecule has 0 bridgehead atoms. The van der Waals surface area contributed by atoms with E-state index in [-0.39, 0.29) is 6.04 Å². The quantitative estimate of drug-likeness (QED) is 0.736. The molecule has 0 radical (unpaired) electrons. The molecule has 0 saturated heterocycles. The molecule has 1 unspecified atom stereocenters. The first-order valence-corrected chi connectivity index (χ1v) is 4.63. The molecular formula is C11H18N2. The maximum absolute atomic E-state index is 5.65. The number of likely N-dealkylation sites (N-methyl/N-ethyl adjacent to an activating group) is 1. The third-order valence-electron chi connectivity index (χ3n) is 2.23. The highest BCUT2D eigenvalue weighted by Crippen LogP contribution is 2.15. The Balaban J connectivity index is 2.99. The molecule has 0 amide bonds. The van der Waals surface area contributed by atoms with Gasteiger partial charge < -0.3 is 11.1 Å². The van der Waals surface area contributed by atoms with Gasteiger partial charge in [-0.2, -0.15) is 0 Å². The smallest absolute Gasteiger partial charge is 0.0442 e. The van der Waals surface area contributed by atoms with Crippen molar-refractivity contribution in [2.45, 2.75) is 19.9 Å². The lowest BCUT2D eigenvalue weighted by molar-refractivity contribution is 0.605. The van der Waals surface area contributed by atoms with Crippen LogP contribution in [-0.2, 0) is 0 Å². The van der Waals surface area contributed by atoms with E-state index in [4.69, 9.17) is 5.73 Å². The molecule has 3 N–H and O–H groups in total. The summed E-state index contributed by atoms with van der Waals surface area (Å²) in [5.74, 6) is 0. The second-order valence-corrected chi connectivity index (χ2v) is 3.50. The van der Waals surface area contributed by atoms with E-state index in [9.17, 15) is 0 Å². The number of nitrogens with two attached hydrogens (primary N) is 1.